The number of nitriles is 5. The Kier molecular flexibility index (Phi) is 6.44. The van der Waals surface area contributed by atoms with E-state index in [-0.39, 0.29) is 12.1 Å². The van der Waals surface area contributed by atoms with Crippen molar-refractivity contribution in [3.63, 3.8) is 0 Å². The van der Waals surface area contributed by atoms with Gasteiger partial charge in [0.15, 0.2) is 0 Å². The molecule has 0 aromatic heterocycles. The number of hydrogen-bond donors (Lipinski definition) is 0. The van der Waals surface area contributed by atoms with E-state index in [1.807, 2.05) is 0 Å². The van der Waals surface area contributed by atoms with E-state index in [2.05, 4.69) is 0 Å². The largest absolute Gasteiger partial charge is 0.417 e. The minimum absolute atomic E-state index is 0.131. The maximum Gasteiger partial charge on any atom is 0.417 e. The maximum atomic E-state index is 14.6. The van der Waals surface area contributed by atoms with Gasteiger partial charge in [0.2, 0.25) is 0 Å². The van der Waals surface area contributed by atoms with Crippen molar-refractivity contribution in [2.45, 2.75) is 12.4 Å². The zero-order valence-electron chi connectivity index (χ0n) is 15.7. The first-order chi connectivity index (χ1) is 15.3. The Morgan fingerprint density at radius 2 is 1.21 bits per heavy atom. The fourth-order valence-corrected chi connectivity index (χ4v) is 2.88. The molecule has 0 aliphatic carbocycles. The fraction of sp³-hybridized carbons (Fsp3) is 0.0952. The third-order valence-electron chi connectivity index (χ3n) is 4.23. The lowest BCUT2D eigenvalue weighted by molar-refractivity contribution is -0.143. The van der Waals surface area contributed by atoms with Crippen LogP contribution in [0.2, 0.25) is 0 Å². The summed E-state index contributed by atoms with van der Waals surface area (Å²) in [7, 11) is 0. The Morgan fingerprint density at radius 3 is 1.58 bits per heavy atom. The Hall–Kier alpha value is -4.86. The second kappa shape index (κ2) is 8.71. The van der Waals surface area contributed by atoms with Gasteiger partial charge in [-0.15, -0.1) is 0 Å². The van der Waals surface area contributed by atoms with Crippen molar-refractivity contribution in [1.29, 1.82) is 26.3 Å². The van der Waals surface area contributed by atoms with Crippen LogP contribution in [0.5, 0.6) is 0 Å². The van der Waals surface area contributed by atoms with E-state index in [0.717, 1.165) is 12.1 Å². The van der Waals surface area contributed by atoms with Crippen LogP contribution in [-0.2, 0) is 12.4 Å². The Balaban J connectivity index is 3.16. The maximum absolute atomic E-state index is 14.6. The van der Waals surface area contributed by atoms with Crippen LogP contribution in [0, 0.1) is 62.5 Å². The van der Waals surface area contributed by atoms with Crippen molar-refractivity contribution in [3.05, 3.63) is 68.3 Å². The predicted octanol–water partition coefficient (Wildman–Crippen LogP) is 3.53. The minimum Gasteiger partial charge on any atom is -0.206 e. The molecule has 0 amide bonds. The van der Waals surface area contributed by atoms with Gasteiger partial charge < -0.3 is 0 Å². The van der Waals surface area contributed by atoms with E-state index < -0.39 is 67.6 Å². The summed E-state index contributed by atoms with van der Waals surface area (Å²) in [6.07, 6.45) is -10.8. The van der Waals surface area contributed by atoms with E-state index in [1.165, 1.54) is 24.3 Å². The predicted molar refractivity (Wildman–Crippen MR) is 94.3 cm³/mol. The van der Waals surface area contributed by atoms with Gasteiger partial charge in [-0.3, -0.25) is 0 Å². The zero-order valence-corrected chi connectivity index (χ0v) is 15.7. The van der Waals surface area contributed by atoms with Crippen LogP contribution in [0.1, 0.15) is 27.8 Å². The molecule has 162 valence electrons. The van der Waals surface area contributed by atoms with E-state index in [1.54, 1.807) is 0 Å². The first-order valence-electron chi connectivity index (χ1n) is 8.25. The molecule has 5 nitrogen and oxygen atoms in total. The summed E-state index contributed by atoms with van der Waals surface area (Å²) >= 11 is 0. The summed E-state index contributed by atoms with van der Waals surface area (Å²) in [5, 5.41) is 44.1. The van der Waals surface area contributed by atoms with E-state index >= 15 is 0 Å². The SMILES string of the molecule is N#CC(C#N)=c1c(F)c/c(=C(/C#N)c2cc(C(F)(F)F)c(C#N)c(C(F)(F)F)c2)cc1C#N. The van der Waals surface area contributed by atoms with Gasteiger partial charge in [0, 0.05) is 0 Å². The Labute approximate surface area is 180 Å². The van der Waals surface area contributed by atoms with Crippen LogP contribution in [0.3, 0.4) is 0 Å². The average molecular weight is 459 g/mol. The summed E-state index contributed by atoms with van der Waals surface area (Å²) in [6, 6.07) is 7.88. The summed E-state index contributed by atoms with van der Waals surface area (Å²) in [4.78, 5) is 0. The zero-order chi connectivity index (χ0) is 25.1. The molecule has 0 radical (unpaired) electrons. The number of hydrogen-bond acceptors (Lipinski definition) is 5. The summed E-state index contributed by atoms with van der Waals surface area (Å²) in [5.74, 6) is -1.38. The molecule has 0 heterocycles. The van der Waals surface area contributed by atoms with Gasteiger partial charge in [-0.05, 0) is 35.0 Å². The minimum atomic E-state index is -5.40. The van der Waals surface area contributed by atoms with Gasteiger partial charge in [0.1, 0.15) is 35.7 Å². The third-order valence-corrected chi connectivity index (χ3v) is 4.23. The molecule has 2 aromatic carbocycles. The van der Waals surface area contributed by atoms with Crippen molar-refractivity contribution < 1.29 is 30.7 Å². The average Bonchev–Trinajstić information content (AvgIpc) is 2.74. The highest BCUT2D eigenvalue weighted by Gasteiger charge is 2.42. The molecule has 0 aliphatic heterocycles. The van der Waals surface area contributed by atoms with Crippen LogP contribution in [0.4, 0.5) is 30.7 Å². The summed E-state index contributed by atoms with van der Waals surface area (Å²) < 4.78 is 94.9. The monoisotopic (exact) mass is 459 g/mol. The highest BCUT2D eigenvalue weighted by atomic mass is 19.4. The van der Waals surface area contributed by atoms with Crippen LogP contribution in [0.25, 0.3) is 11.1 Å². The standard InChI is InChI=1S/C21H4F7N5/c22-18-4-10(1-12(5-29)19(18)13(6-30)7-31)14(8-32)11-2-16(20(23,24)25)15(9-33)17(3-11)21(26,27)28/h1-4H/b14-10-. The molecule has 0 N–H and O–H groups in total. The normalized spacial score (nSPS) is 11.8. The number of halogens is 7. The lowest BCUT2D eigenvalue weighted by atomic mass is 9.93. The number of nitrogens with zero attached hydrogens (tertiary/aromatic N) is 5. The van der Waals surface area contributed by atoms with E-state index in [0.29, 0.717) is 6.07 Å². The molecular formula is C21H4F7N5. The van der Waals surface area contributed by atoms with Gasteiger partial charge in [0.05, 0.1) is 39.1 Å². The number of alkyl halides is 6. The number of benzene rings is 2. The molecule has 2 rings (SSSR count). The second-order valence-electron chi connectivity index (χ2n) is 6.13. The highest BCUT2D eigenvalue weighted by molar-refractivity contribution is 5.79. The van der Waals surface area contributed by atoms with Gasteiger partial charge >= 0.3 is 12.4 Å². The molecule has 2 aromatic rings. The molecule has 33 heavy (non-hydrogen) atoms. The van der Waals surface area contributed by atoms with Crippen molar-refractivity contribution in [1.82, 2.24) is 0 Å². The van der Waals surface area contributed by atoms with Crippen molar-refractivity contribution in [3.8, 4) is 30.3 Å². The van der Waals surface area contributed by atoms with Gasteiger partial charge in [0.25, 0.3) is 0 Å². The molecule has 0 bridgehead atoms. The van der Waals surface area contributed by atoms with Crippen LogP contribution >= 0.6 is 0 Å². The van der Waals surface area contributed by atoms with Crippen LogP contribution < -0.4 is 10.4 Å². The second-order valence-corrected chi connectivity index (χ2v) is 6.13. The van der Waals surface area contributed by atoms with Crippen molar-refractivity contribution >= 4 is 11.1 Å². The van der Waals surface area contributed by atoms with Crippen molar-refractivity contribution in [2.24, 2.45) is 0 Å². The highest BCUT2D eigenvalue weighted by Crippen LogP contribution is 2.40. The van der Waals surface area contributed by atoms with E-state index in [4.69, 9.17) is 15.8 Å². The molecule has 0 spiro atoms. The van der Waals surface area contributed by atoms with Crippen LogP contribution in [0.15, 0.2) is 24.3 Å². The molecular weight excluding hydrogens is 455 g/mol. The quantitative estimate of drug-likeness (QED) is 0.605. The van der Waals surface area contributed by atoms with Gasteiger partial charge in [-0.1, -0.05) is 0 Å². The van der Waals surface area contributed by atoms with E-state index in [9.17, 15) is 41.3 Å². The van der Waals surface area contributed by atoms with Gasteiger partial charge in [-0.2, -0.15) is 52.7 Å². The Morgan fingerprint density at radius 1 is 0.697 bits per heavy atom. The lowest BCUT2D eigenvalue weighted by Gasteiger charge is -2.16. The lowest BCUT2D eigenvalue weighted by Crippen LogP contribution is -2.22. The van der Waals surface area contributed by atoms with Gasteiger partial charge in [-0.25, -0.2) is 4.39 Å². The molecule has 0 saturated heterocycles. The molecule has 0 atom stereocenters. The third kappa shape index (κ3) is 4.59. The first-order valence-corrected chi connectivity index (χ1v) is 8.25. The molecule has 12 heteroatoms. The molecule has 0 aliphatic rings. The smallest absolute Gasteiger partial charge is 0.206 e. The van der Waals surface area contributed by atoms with Crippen LogP contribution in [-0.4, -0.2) is 0 Å². The molecule has 0 saturated carbocycles. The topological polar surface area (TPSA) is 119 Å². The summed E-state index contributed by atoms with van der Waals surface area (Å²) in [5.41, 5.74) is -8.94. The number of rotatable bonds is 1. The molecule has 0 fully saturated rings. The molecule has 0 unspecified atom stereocenters. The summed E-state index contributed by atoms with van der Waals surface area (Å²) in [6.45, 7) is 0. The van der Waals surface area contributed by atoms with Crippen molar-refractivity contribution in [2.75, 3.05) is 0 Å². The first kappa shape index (κ1) is 24.4. The Bertz CT molecular complexity index is 1450. The fourth-order valence-electron chi connectivity index (χ4n) is 2.88.